The second-order valence-corrected chi connectivity index (χ2v) is 18.9. The average Bonchev–Trinajstić information content (AvgIpc) is 3.46. The van der Waals surface area contributed by atoms with Crippen molar-refractivity contribution in [3.05, 3.63) is 11.6 Å². The second-order valence-electron chi connectivity index (χ2n) is 18.9. The molecule has 1 aliphatic heterocycles. The topological polar surface area (TPSA) is 137 Å². The van der Waals surface area contributed by atoms with E-state index in [4.69, 9.17) is 15.2 Å². The summed E-state index contributed by atoms with van der Waals surface area (Å²) in [6.45, 7) is 27.8. The summed E-state index contributed by atoms with van der Waals surface area (Å²) in [6, 6.07) is -0.165. The van der Waals surface area contributed by atoms with Crippen molar-refractivity contribution < 1.29 is 19.4 Å². The number of nitrogens with zero attached hydrogens (tertiary/aromatic N) is 4. The molecule has 10 nitrogen and oxygen atoms in total. The number of nitrogens with two attached hydrogens (primary N) is 1. The predicted molar refractivity (Wildman–Crippen MR) is 191 cm³/mol. The van der Waals surface area contributed by atoms with Crippen LogP contribution in [0, 0.1) is 62.6 Å². The number of rotatable bonds is 10. The van der Waals surface area contributed by atoms with Gasteiger partial charge >= 0.3 is 5.97 Å². The minimum atomic E-state index is -0.626. The number of likely N-dealkylation sites (N-methyl/N-ethyl adjacent to an activating group) is 1. The molecule has 1 aromatic rings. The van der Waals surface area contributed by atoms with Gasteiger partial charge in [0.1, 0.15) is 6.04 Å². The molecule has 12 atom stereocenters. The van der Waals surface area contributed by atoms with Gasteiger partial charge in [0.25, 0.3) is 5.95 Å². The van der Waals surface area contributed by atoms with E-state index in [0.717, 1.165) is 45.1 Å². The van der Waals surface area contributed by atoms with E-state index in [1.807, 2.05) is 0 Å². The van der Waals surface area contributed by atoms with E-state index in [1.54, 1.807) is 4.80 Å². The van der Waals surface area contributed by atoms with Crippen molar-refractivity contribution in [2.45, 2.75) is 132 Å². The monoisotopic (exact) mass is 683 g/mol. The molecule has 1 saturated heterocycles. The quantitative estimate of drug-likeness (QED) is 0.228. The lowest BCUT2D eigenvalue weighted by atomic mass is 9.34. The maximum Gasteiger partial charge on any atom is 0.307 e. The normalized spacial score (nSPS) is 43.6. The highest BCUT2D eigenvalue weighted by Crippen LogP contribution is 2.75. The number of allylic oxidation sites excluding steroid dienone is 1. The number of nitrogen functional groups attached to an aromatic ring is 1. The molecule has 4 fully saturated rings. The predicted octanol–water partition coefficient (Wildman–Crippen LogP) is 6.79. The Morgan fingerprint density at radius 3 is 2.45 bits per heavy atom. The molecule has 49 heavy (non-hydrogen) atoms. The molecule has 1 aromatic heterocycles. The summed E-state index contributed by atoms with van der Waals surface area (Å²) < 4.78 is 13.9. The van der Waals surface area contributed by atoms with Gasteiger partial charge in [-0.05, 0) is 103 Å². The van der Waals surface area contributed by atoms with Gasteiger partial charge < -0.3 is 25.6 Å². The van der Waals surface area contributed by atoms with E-state index < -0.39 is 11.9 Å². The number of aromatic nitrogens is 4. The SMILES string of the molecule is CCN[C@@](C)(CO[C@H]1[C@H](n2nnc(N)n2)C[C@@]23COCC1(C)[C@@H]2CC[C@H]1C3=CC[C@@]2(C)[C@H](C(=O)O)[C@@](C)([C@H](C)C(C)C)CC[C@]12C)C(C)C. The molecule has 2 heterocycles. The number of tetrazole rings is 1. The molecule has 0 aromatic carbocycles. The van der Waals surface area contributed by atoms with Crippen molar-refractivity contribution in [3.8, 4) is 0 Å². The van der Waals surface area contributed by atoms with Gasteiger partial charge in [0, 0.05) is 16.4 Å². The molecular weight excluding hydrogens is 616 g/mol. The van der Waals surface area contributed by atoms with Crippen molar-refractivity contribution in [1.82, 2.24) is 25.5 Å². The summed E-state index contributed by atoms with van der Waals surface area (Å²) in [5.74, 6) is 0.892. The number of carbonyl (C=O) groups is 1. The molecule has 0 amide bonds. The summed E-state index contributed by atoms with van der Waals surface area (Å²) in [5.41, 5.74) is 6.12. The van der Waals surface area contributed by atoms with Gasteiger partial charge in [0.05, 0.1) is 31.8 Å². The second kappa shape index (κ2) is 12.3. The molecule has 5 aliphatic rings. The molecule has 1 unspecified atom stereocenters. The number of hydrogen-bond donors (Lipinski definition) is 3. The van der Waals surface area contributed by atoms with Crippen LogP contribution in [-0.2, 0) is 14.3 Å². The van der Waals surface area contributed by atoms with E-state index in [2.05, 4.69) is 103 Å². The summed E-state index contributed by atoms with van der Waals surface area (Å²) >= 11 is 0. The van der Waals surface area contributed by atoms with Crippen molar-refractivity contribution in [3.63, 3.8) is 0 Å². The number of aliphatic carboxylic acids is 1. The minimum Gasteiger partial charge on any atom is -0.481 e. The van der Waals surface area contributed by atoms with Crippen LogP contribution >= 0.6 is 0 Å². The van der Waals surface area contributed by atoms with E-state index in [9.17, 15) is 9.90 Å². The number of ether oxygens (including phenoxy) is 2. The van der Waals surface area contributed by atoms with Crippen LogP contribution in [0.25, 0.3) is 0 Å². The van der Waals surface area contributed by atoms with Crippen LogP contribution in [0.1, 0.15) is 121 Å². The fourth-order valence-corrected chi connectivity index (χ4v) is 12.6. The number of fused-ring (bicyclic) bond motifs is 3. The Kier molecular flexibility index (Phi) is 9.21. The van der Waals surface area contributed by atoms with Gasteiger partial charge in [0.15, 0.2) is 0 Å². The first-order valence-corrected chi connectivity index (χ1v) is 19.3. The van der Waals surface area contributed by atoms with Crippen LogP contribution in [-0.4, -0.2) is 69.3 Å². The van der Waals surface area contributed by atoms with Crippen LogP contribution in [0.15, 0.2) is 11.6 Å². The first kappa shape index (κ1) is 36.7. The fraction of sp³-hybridized carbons (Fsp3) is 0.897. The molecule has 4 N–H and O–H groups in total. The van der Waals surface area contributed by atoms with Gasteiger partial charge in [0.2, 0.25) is 0 Å². The largest absolute Gasteiger partial charge is 0.481 e. The van der Waals surface area contributed by atoms with Gasteiger partial charge in [-0.3, -0.25) is 4.79 Å². The number of hydrogen-bond acceptors (Lipinski definition) is 8. The van der Waals surface area contributed by atoms with Crippen LogP contribution in [0.4, 0.5) is 5.95 Å². The van der Waals surface area contributed by atoms with Crippen LogP contribution < -0.4 is 11.1 Å². The van der Waals surface area contributed by atoms with Crippen molar-refractivity contribution in [2.24, 2.45) is 62.6 Å². The highest BCUT2D eigenvalue weighted by Gasteiger charge is 2.72. The maximum atomic E-state index is 13.5. The summed E-state index contributed by atoms with van der Waals surface area (Å²) in [4.78, 5) is 15.2. The summed E-state index contributed by atoms with van der Waals surface area (Å²) in [5, 5.41) is 28.0. The van der Waals surface area contributed by atoms with Crippen LogP contribution in [0.3, 0.4) is 0 Å². The standard InChI is InChI=1S/C39H66N6O4/c1-12-41-38(11,24(4)5)21-49-31-28(45-43-33(40)42-44-45)19-39-22-48-20-35(31,8)29(39)14-13-26-27(39)15-16-37(10)30(32(46)47)34(7,25(6)23(2)3)17-18-36(26,37)9/h15,23-26,28-31,41H,12-14,16-22H2,1-11H3,(H2,40,43)(H,46,47)/t25-,26+,28-,29+,30-,31+,34-,35?,36-,37+,38+,39+/m1/s1. The number of nitrogens with one attached hydrogen (secondary N) is 1. The van der Waals surface area contributed by atoms with E-state index in [1.165, 1.54) is 5.57 Å². The van der Waals surface area contributed by atoms with Crippen LogP contribution in [0.5, 0.6) is 0 Å². The zero-order chi connectivity index (χ0) is 35.9. The first-order valence-electron chi connectivity index (χ1n) is 19.3. The van der Waals surface area contributed by atoms with Gasteiger partial charge in [-0.1, -0.05) is 86.0 Å². The lowest BCUT2D eigenvalue weighted by molar-refractivity contribution is -0.254. The molecular formula is C39H66N6O4. The molecule has 6 rings (SSSR count). The first-order chi connectivity index (χ1) is 22.8. The lowest BCUT2D eigenvalue weighted by Crippen LogP contribution is -2.69. The molecule has 3 saturated carbocycles. The highest BCUT2D eigenvalue weighted by molar-refractivity contribution is 5.73. The third-order valence-electron chi connectivity index (χ3n) is 16.2. The molecule has 0 spiro atoms. The lowest BCUT2D eigenvalue weighted by Gasteiger charge is -2.71. The van der Waals surface area contributed by atoms with Crippen LogP contribution in [0.2, 0.25) is 0 Å². The average molecular weight is 683 g/mol. The Morgan fingerprint density at radius 2 is 1.86 bits per heavy atom. The Morgan fingerprint density at radius 1 is 1.14 bits per heavy atom. The Balaban J connectivity index is 1.43. The smallest absolute Gasteiger partial charge is 0.307 e. The number of anilines is 1. The molecule has 10 heteroatoms. The zero-order valence-corrected chi connectivity index (χ0v) is 32.3. The zero-order valence-electron chi connectivity index (χ0n) is 32.3. The van der Waals surface area contributed by atoms with E-state index in [-0.39, 0.29) is 50.7 Å². The maximum absolute atomic E-state index is 13.5. The third kappa shape index (κ3) is 5.18. The molecule has 2 bridgehead atoms. The Hall–Kier alpha value is -2.04. The Labute approximate surface area is 295 Å². The van der Waals surface area contributed by atoms with E-state index in [0.29, 0.717) is 49.4 Å². The molecule has 4 aliphatic carbocycles. The highest BCUT2D eigenvalue weighted by atomic mass is 16.5. The van der Waals surface area contributed by atoms with Gasteiger partial charge in [-0.25, -0.2) is 0 Å². The number of carboxylic acids is 1. The van der Waals surface area contributed by atoms with Crippen molar-refractivity contribution in [2.75, 3.05) is 32.1 Å². The fourth-order valence-electron chi connectivity index (χ4n) is 12.6. The van der Waals surface area contributed by atoms with Gasteiger partial charge in [-0.2, -0.15) is 4.80 Å². The van der Waals surface area contributed by atoms with Crippen molar-refractivity contribution in [1.29, 1.82) is 0 Å². The summed E-state index contributed by atoms with van der Waals surface area (Å²) in [7, 11) is 0. The Bertz CT molecular complexity index is 1450. The summed E-state index contributed by atoms with van der Waals surface area (Å²) in [6.07, 6.45) is 7.97. The van der Waals surface area contributed by atoms with E-state index >= 15 is 0 Å². The number of carboxylic acid groups (broad SMARTS) is 1. The van der Waals surface area contributed by atoms with Gasteiger partial charge in [-0.15, -0.1) is 5.10 Å². The molecule has 0 radical (unpaired) electrons. The minimum absolute atomic E-state index is 0.145. The molecule has 276 valence electrons. The third-order valence-corrected chi connectivity index (χ3v) is 16.2. The van der Waals surface area contributed by atoms with Crippen molar-refractivity contribution >= 4 is 11.9 Å².